The van der Waals surface area contributed by atoms with Gasteiger partial charge in [-0.25, -0.2) is 16.8 Å². The Morgan fingerprint density at radius 2 is 1.36 bits per heavy atom. The Balaban J connectivity index is 1.66. The molecule has 0 saturated carbocycles. The molecule has 0 N–H and O–H groups in total. The van der Waals surface area contributed by atoms with E-state index in [1.54, 1.807) is 24.3 Å². The third kappa shape index (κ3) is 6.97. The average Bonchev–Trinajstić information content (AvgIpc) is 2.85. The molecule has 0 aromatic heterocycles. The summed E-state index contributed by atoms with van der Waals surface area (Å²) < 4.78 is 53.6. The van der Waals surface area contributed by atoms with Crippen LogP contribution in [0.2, 0.25) is 5.02 Å². The van der Waals surface area contributed by atoms with E-state index >= 15 is 0 Å². The quantitative estimate of drug-likeness (QED) is 0.219. The Bertz CT molecular complexity index is 1690. The fourth-order valence-electron chi connectivity index (χ4n) is 4.85. The second-order valence-corrected chi connectivity index (χ2v) is 14.3. The SMILES string of the molecule is Cc1cc(C)c(S(=O)(=O)N(CCc2cccc(Cl)c2)Cc2ccc(-c3cccc(S(C)(=O)=O)c3)cc2)c(C)c1. The molecule has 4 rings (SSSR count). The van der Waals surface area contributed by atoms with Crippen LogP contribution in [-0.2, 0) is 32.8 Å². The fraction of sp³-hybridized carbons (Fsp3) is 0.226. The molecule has 0 heterocycles. The van der Waals surface area contributed by atoms with Crippen LogP contribution in [0.4, 0.5) is 0 Å². The van der Waals surface area contributed by atoms with Gasteiger partial charge in [0.2, 0.25) is 10.0 Å². The molecular formula is C31H32ClNO4S2. The van der Waals surface area contributed by atoms with Gasteiger partial charge < -0.3 is 0 Å². The fourth-order valence-corrected chi connectivity index (χ4v) is 7.57. The first-order valence-electron chi connectivity index (χ1n) is 12.6. The summed E-state index contributed by atoms with van der Waals surface area (Å²) in [6.07, 6.45) is 1.70. The number of sulfonamides is 1. The Kier molecular flexibility index (Phi) is 8.66. The van der Waals surface area contributed by atoms with Crippen LogP contribution in [0, 0.1) is 20.8 Å². The van der Waals surface area contributed by atoms with Crippen molar-refractivity contribution in [1.82, 2.24) is 4.31 Å². The van der Waals surface area contributed by atoms with Crippen molar-refractivity contribution in [3.63, 3.8) is 0 Å². The molecule has 0 aliphatic carbocycles. The number of aryl methyl sites for hydroxylation is 3. The number of benzene rings is 4. The lowest BCUT2D eigenvalue weighted by molar-refractivity contribution is 0.409. The van der Waals surface area contributed by atoms with Crippen molar-refractivity contribution >= 4 is 31.5 Å². The van der Waals surface area contributed by atoms with Crippen molar-refractivity contribution < 1.29 is 16.8 Å². The monoisotopic (exact) mass is 581 g/mol. The first kappa shape index (κ1) is 29.0. The van der Waals surface area contributed by atoms with Gasteiger partial charge in [-0.2, -0.15) is 4.31 Å². The highest BCUT2D eigenvalue weighted by atomic mass is 35.5. The van der Waals surface area contributed by atoms with Crippen molar-refractivity contribution in [2.45, 2.75) is 43.5 Å². The molecule has 39 heavy (non-hydrogen) atoms. The molecule has 4 aromatic rings. The zero-order valence-corrected chi connectivity index (χ0v) is 24.9. The van der Waals surface area contributed by atoms with E-state index < -0.39 is 19.9 Å². The van der Waals surface area contributed by atoms with Crippen LogP contribution in [0.1, 0.15) is 27.8 Å². The summed E-state index contributed by atoms with van der Waals surface area (Å²) in [5, 5.41) is 0.614. The topological polar surface area (TPSA) is 71.5 Å². The highest BCUT2D eigenvalue weighted by Gasteiger charge is 2.28. The van der Waals surface area contributed by atoms with E-state index in [0.717, 1.165) is 38.9 Å². The zero-order valence-electron chi connectivity index (χ0n) is 22.5. The highest BCUT2D eigenvalue weighted by Crippen LogP contribution is 2.28. The standard InChI is InChI=1S/C31H32ClNO4S2/c1-22-17-23(2)31(24(3)18-22)39(36,37)33(16-15-25-7-5-9-29(32)19-25)21-26-11-13-27(14-12-26)28-8-6-10-30(20-28)38(4,34)35/h5-14,17-20H,15-16,21H2,1-4H3. The van der Waals surface area contributed by atoms with Crippen LogP contribution in [0.25, 0.3) is 11.1 Å². The van der Waals surface area contributed by atoms with Crippen LogP contribution in [0.5, 0.6) is 0 Å². The normalized spacial score (nSPS) is 12.2. The molecule has 0 saturated heterocycles. The van der Waals surface area contributed by atoms with Gasteiger partial charge in [0.25, 0.3) is 0 Å². The molecule has 0 aliphatic rings. The minimum Gasteiger partial charge on any atom is -0.224 e. The molecule has 0 aliphatic heterocycles. The molecule has 5 nitrogen and oxygen atoms in total. The van der Waals surface area contributed by atoms with Gasteiger partial charge in [-0.3, -0.25) is 0 Å². The van der Waals surface area contributed by atoms with Crippen LogP contribution >= 0.6 is 11.6 Å². The summed E-state index contributed by atoms with van der Waals surface area (Å²) in [5.41, 5.74) is 5.88. The van der Waals surface area contributed by atoms with E-state index in [4.69, 9.17) is 11.6 Å². The molecule has 0 radical (unpaired) electrons. The number of nitrogens with zero attached hydrogens (tertiary/aromatic N) is 1. The average molecular weight is 582 g/mol. The lowest BCUT2D eigenvalue weighted by Crippen LogP contribution is -2.33. The van der Waals surface area contributed by atoms with Crippen molar-refractivity contribution in [3.8, 4) is 11.1 Å². The molecule has 0 spiro atoms. The van der Waals surface area contributed by atoms with Crippen LogP contribution in [-0.4, -0.2) is 33.9 Å². The van der Waals surface area contributed by atoms with Gasteiger partial charge in [0.05, 0.1) is 9.79 Å². The van der Waals surface area contributed by atoms with Gasteiger partial charge >= 0.3 is 0 Å². The van der Waals surface area contributed by atoms with Gasteiger partial charge in [0, 0.05) is 24.4 Å². The summed E-state index contributed by atoms with van der Waals surface area (Å²) >= 11 is 6.17. The van der Waals surface area contributed by atoms with Gasteiger partial charge in [-0.05, 0) is 84.8 Å². The first-order chi connectivity index (χ1) is 18.3. The van der Waals surface area contributed by atoms with Gasteiger partial charge in [-0.15, -0.1) is 0 Å². The molecule has 0 fully saturated rings. The lowest BCUT2D eigenvalue weighted by Gasteiger charge is -2.25. The number of hydrogen-bond donors (Lipinski definition) is 0. The van der Waals surface area contributed by atoms with Gasteiger partial charge in [0.15, 0.2) is 9.84 Å². The minimum absolute atomic E-state index is 0.194. The highest BCUT2D eigenvalue weighted by molar-refractivity contribution is 7.90. The molecular weight excluding hydrogens is 550 g/mol. The molecule has 0 bridgehead atoms. The number of rotatable bonds is 9. The molecule has 8 heteroatoms. The maximum atomic E-state index is 14.0. The van der Waals surface area contributed by atoms with Crippen LogP contribution in [0.3, 0.4) is 0 Å². The maximum absolute atomic E-state index is 14.0. The minimum atomic E-state index is -3.81. The Labute approximate surface area is 237 Å². The summed E-state index contributed by atoms with van der Waals surface area (Å²) in [4.78, 5) is 0.597. The lowest BCUT2D eigenvalue weighted by atomic mass is 10.0. The molecule has 0 amide bonds. The largest absolute Gasteiger partial charge is 0.243 e. The van der Waals surface area contributed by atoms with Crippen molar-refractivity contribution in [2.75, 3.05) is 12.8 Å². The van der Waals surface area contributed by atoms with Crippen LogP contribution < -0.4 is 0 Å². The Hall–Kier alpha value is -2.97. The van der Waals surface area contributed by atoms with Crippen molar-refractivity contribution in [3.05, 3.63) is 118 Å². The van der Waals surface area contributed by atoms with Gasteiger partial charge in [0.1, 0.15) is 0 Å². The van der Waals surface area contributed by atoms with Gasteiger partial charge in [-0.1, -0.05) is 77.8 Å². The zero-order chi connectivity index (χ0) is 28.4. The second-order valence-electron chi connectivity index (χ2n) is 9.94. The Morgan fingerprint density at radius 3 is 1.97 bits per heavy atom. The predicted molar refractivity (Wildman–Crippen MR) is 158 cm³/mol. The summed E-state index contributed by atoms with van der Waals surface area (Å²) in [7, 11) is -7.13. The second kappa shape index (κ2) is 11.6. The molecule has 0 unspecified atom stereocenters. The molecule has 204 valence electrons. The number of halogens is 1. The van der Waals surface area contributed by atoms with Crippen LogP contribution in [0.15, 0.2) is 94.7 Å². The summed E-state index contributed by atoms with van der Waals surface area (Å²) in [6, 6.07) is 25.6. The van der Waals surface area contributed by atoms with Crippen molar-refractivity contribution in [1.29, 1.82) is 0 Å². The Morgan fingerprint density at radius 1 is 0.718 bits per heavy atom. The summed E-state index contributed by atoms with van der Waals surface area (Å²) in [6.45, 7) is 6.11. The summed E-state index contributed by atoms with van der Waals surface area (Å²) in [5.74, 6) is 0. The number of hydrogen-bond acceptors (Lipinski definition) is 4. The molecule has 4 aromatic carbocycles. The predicted octanol–water partition coefficient (Wildman–Crippen LogP) is 6.77. The van der Waals surface area contributed by atoms with E-state index in [-0.39, 0.29) is 18.0 Å². The first-order valence-corrected chi connectivity index (χ1v) is 16.3. The van der Waals surface area contributed by atoms with E-state index in [0.29, 0.717) is 16.3 Å². The maximum Gasteiger partial charge on any atom is 0.243 e. The third-order valence-electron chi connectivity index (χ3n) is 6.65. The smallest absolute Gasteiger partial charge is 0.224 e. The van der Waals surface area contributed by atoms with E-state index in [9.17, 15) is 16.8 Å². The van der Waals surface area contributed by atoms with E-state index in [2.05, 4.69) is 0 Å². The molecule has 0 atom stereocenters. The third-order valence-corrected chi connectivity index (χ3v) is 10.1. The van der Waals surface area contributed by atoms with Crippen molar-refractivity contribution in [2.24, 2.45) is 0 Å². The van der Waals surface area contributed by atoms with E-state index in [1.807, 2.05) is 81.4 Å². The van der Waals surface area contributed by atoms with E-state index in [1.165, 1.54) is 10.6 Å². The number of sulfone groups is 1.